The lowest BCUT2D eigenvalue weighted by Crippen LogP contribution is -2.17. The molecular formula is C23H17N5O3. The van der Waals surface area contributed by atoms with Crippen molar-refractivity contribution in [2.45, 2.75) is 0 Å². The molecule has 0 radical (unpaired) electrons. The van der Waals surface area contributed by atoms with Crippen molar-refractivity contribution < 1.29 is 9.72 Å². The fourth-order valence-electron chi connectivity index (χ4n) is 3.00. The average molecular weight is 411 g/mol. The van der Waals surface area contributed by atoms with E-state index >= 15 is 0 Å². The normalized spacial score (nSPS) is 10.8. The quantitative estimate of drug-likeness (QED) is 0.292. The lowest BCUT2D eigenvalue weighted by molar-refractivity contribution is -0.384. The molecule has 1 amide bonds. The highest BCUT2D eigenvalue weighted by Gasteiger charge is 2.12. The molecule has 0 saturated carbocycles. The molecule has 0 aliphatic heterocycles. The fraction of sp³-hybridized carbons (Fsp3) is 0. The molecule has 31 heavy (non-hydrogen) atoms. The van der Waals surface area contributed by atoms with E-state index in [2.05, 4.69) is 15.6 Å². The number of carbonyl (C=O) groups is 1. The van der Waals surface area contributed by atoms with Crippen LogP contribution in [0.1, 0.15) is 15.9 Å². The van der Waals surface area contributed by atoms with Crippen LogP contribution in [0.4, 0.5) is 5.69 Å². The van der Waals surface area contributed by atoms with E-state index in [-0.39, 0.29) is 11.3 Å². The van der Waals surface area contributed by atoms with E-state index in [1.54, 1.807) is 4.68 Å². The standard InChI is InChI=1S/C23H17N5O3/c29-23(18-10-7-13-21(14-18)28(30)31)25-24-15-19-16-27(20-11-5-2-6-12-20)26-22(19)17-8-3-1-4-9-17/h1-16H,(H,25,29)/b24-15-. The second-order valence-electron chi connectivity index (χ2n) is 6.59. The van der Waals surface area contributed by atoms with Crippen molar-refractivity contribution in [2.24, 2.45) is 5.10 Å². The fourth-order valence-corrected chi connectivity index (χ4v) is 3.00. The van der Waals surface area contributed by atoms with Gasteiger partial charge in [-0.25, -0.2) is 10.1 Å². The third kappa shape index (κ3) is 4.54. The van der Waals surface area contributed by atoms with Gasteiger partial charge in [-0.05, 0) is 18.2 Å². The van der Waals surface area contributed by atoms with Gasteiger partial charge in [0, 0.05) is 35.0 Å². The molecular weight excluding hydrogens is 394 g/mol. The molecule has 4 rings (SSSR count). The molecule has 1 heterocycles. The first-order chi connectivity index (χ1) is 15.1. The third-order valence-corrected chi connectivity index (χ3v) is 4.50. The Morgan fingerprint density at radius 1 is 1.00 bits per heavy atom. The summed E-state index contributed by atoms with van der Waals surface area (Å²) in [5.74, 6) is -0.545. The highest BCUT2D eigenvalue weighted by Crippen LogP contribution is 2.22. The molecule has 4 aromatic rings. The van der Waals surface area contributed by atoms with Gasteiger partial charge in [0.25, 0.3) is 11.6 Å². The molecule has 152 valence electrons. The van der Waals surface area contributed by atoms with Gasteiger partial charge in [-0.1, -0.05) is 54.6 Å². The van der Waals surface area contributed by atoms with Gasteiger partial charge in [-0.15, -0.1) is 0 Å². The summed E-state index contributed by atoms with van der Waals surface area (Å²) >= 11 is 0. The minimum Gasteiger partial charge on any atom is -0.267 e. The molecule has 1 N–H and O–H groups in total. The van der Waals surface area contributed by atoms with Crippen molar-refractivity contribution in [1.82, 2.24) is 15.2 Å². The molecule has 0 atom stereocenters. The summed E-state index contributed by atoms with van der Waals surface area (Å²) in [6, 6.07) is 24.8. The molecule has 0 aliphatic rings. The predicted octanol–water partition coefficient (Wildman–Crippen LogP) is 4.21. The number of benzene rings is 3. The Bertz CT molecular complexity index is 1250. The number of rotatable bonds is 6. The summed E-state index contributed by atoms with van der Waals surface area (Å²) in [6.07, 6.45) is 3.32. The summed E-state index contributed by atoms with van der Waals surface area (Å²) in [4.78, 5) is 22.7. The molecule has 0 saturated heterocycles. The van der Waals surface area contributed by atoms with Crippen LogP contribution in [-0.4, -0.2) is 26.8 Å². The molecule has 0 fully saturated rings. The molecule has 1 aromatic heterocycles. The van der Waals surface area contributed by atoms with Gasteiger partial charge in [0.1, 0.15) is 5.69 Å². The Morgan fingerprint density at radius 3 is 2.42 bits per heavy atom. The lowest BCUT2D eigenvalue weighted by atomic mass is 10.1. The van der Waals surface area contributed by atoms with E-state index in [4.69, 9.17) is 0 Å². The van der Waals surface area contributed by atoms with Crippen LogP contribution in [-0.2, 0) is 0 Å². The number of para-hydroxylation sites is 1. The van der Waals surface area contributed by atoms with E-state index < -0.39 is 10.8 Å². The van der Waals surface area contributed by atoms with Crippen LogP contribution >= 0.6 is 0 Å². The van der Waals surface area contributed by atoms with Crippen LogP contribution in [0.25, 0.3) is 16.9 Å². The van der Waals surface area contributed by atoms with Crippen LogP contribution in [0, 0.1) is 10.1 Å². The van der Waals surface area contributed by atoms with Crippen molar-refractivity contribution >= 4 is 17.8 Å². The van der Waals surface area contributed by atoms with E-state index in [1.165, 1.54) is 30.5 Å². The predicted molar refractivity (Wildman–Crippen MR) is 117 cm³/mol. The van der Waals surface area contributed by atoms with Crippen molar-refractivity contribution in [3.05, 3.63) is 112 Å². The minimum atomic E-state index is -0.551. The molecule has 0 unspecified atom stereocenters. The topological polar surface area (TPSA) is 102 Å². The van der Waals surface area contributed by atoms with Gasteiger partial charge < -0.3 is 0 Å². The Labute approximate surface area is 177 Å². The van der Waals surface area contributed by atoms with Gasteiger partial charge in [-0.3, -0.25) is 14.9 Å². The highest BCUT2D eigenvalue weighted by atomic mass is 16.6. The number of hydrogen-bond acceptors (Lipinski definition) is 5. The molecule has 8 heteroatoms. The first-order valence-corrected chi connectivity index (χ1v) is 9.40. The summed E-state index contributed by atoms with van der Waals surface area (Å²) < 4.78 is 1.74. The summed E-state index contributed by atoms with van der Waals surface area (Å²) in [6.45, 7) is 0. The molecule has 0 spiro atoms. The Kier molecular flexibility index (Phi) is 5.62. The lowest BCUT2D eigenvalue weighted by Gasteiger charge is -2.00. The van der Waals surface area contributed by atoms with Crippen molar-refractivity contribution in [3.63, 3.8) is 0 Å². The van der Waals surface area contributed by atoms with Gasteiger partial charge in [0.05, 0.1) is 16.8 Å². The SMILES string of the molecule is O=C(N/N=C\c1cn(-c2ccccc2)nc1-c1ccccc1)c1cccc([N+](=O)[O-])c1. The van der Waals surface area contributed by atoms with E-state index in [0.717, 1.165) is 11.3 Å². The second-order valence-corrected chi connectivity index (χ2v) is 6.59. The molecule has 8 nitrogen and oxygen atoms in total. The number of amides is 1. The van der Waals surface area contributed by atoms with Crippen molar-refractivity contribution in [3.8, 4) is 16.9 Å². The summed E-state index contributed by atoms with van der Waals surface area (Å²) in [5.41, 5.74) is 5.60. The summed E-state index contributed by atoms with van der Waals surface area (Å²) in [5, 5.41) is 19.6. The maximum Gasteiger partial charge on any atom is 0.271 e. The van der Waals surface area contributed by atoms with Crippen LogP contribution in [0.15, 0.2) is 96.2 Å². The maximum absolute atomic E-state index is 12.3. The third-order valence-electron chi connectivity index (χ3n) is 4.50. The maximum atomic E-state index is 12.3. The van der Waals surface area contributed by atoms with Gasteiger partial charge in [0.15, 0.2) is 0 Å². The van der Waals surface area contributed by atoms with E-state index in [9.17, 15) is 14.9 Å². The largest absolute Gasteiger partial charge is 0.271 e. The van der Waals surface area contributed by atoms with Crippen LogP contribution in [0.5, 0.6) is 0 Å². The molecule has 3 aromatic carbocycles. The number of nitrogens with one attached hydrogen (secondary N) is 1. The zero-order valence-electron chi connectivity index (χ0n) is 16.3. The van der Waals surface area contributed by atoms with Crippen LogP contribution < -0.4 is 5.43 Å². The van der Waals surface area contributed by atoms with Crippen molar-refractivity contribution in [2.75, 3.05) is 0 Å². The number of hydrazone groups is 1. The zero-order chi connectivity index (χ0) is 21.6. The number of nitro groups is 1. The van der Waals surface area contributed by atoms with Crippen LogP contribution in [0.2, 0.25) is 0 Å². The Hall–Kier alpha value is -4.59. The van der Waals surface area contributed by atoms with E-state index in [0.29, 0.717) is 11.3 Å². The van der Waals surface area contributed by atoms with Crippen molar-refractivity contribution in [1.29, 1.82) is 0 Å². The highest BCUT2D eigenvalue weighted by molar-refractivity contribution is 5.96. The number of non-ortho nitro benzene ring substituents is 1. The van der Waals surface area contributed by atoms with Gasteiger partial charge >= 0.3 is 0 Å². The number of carbonyl (C=O) groups excluding carboxylic acids is 1. The van der Waals surface area contributed by atoms with E-state index in [1.807, 2.05) is 66.9 Å². The number of aromatic nitrogens is 2. The van der Waals surface area contributed by atoms with Gasteiger partial charge in [-0.2, -0.15) is 10.2 Å². The first-order valence-electron chi connectivity index (χ1n) is 9.40. The number of nitrogens with zero attached hydrogens (tertiary/aromatic N) is 4. The monoisotopic (exact) mass is 411 g/mol. The minimum absolute atomic E-state index is 0.148. The number of nitro benzene ring substituents is 1. The van der Waals surface area contributed by atoms with Gasteiger partial charge in [0.2, 0.25) is 0 Å². The Balaban J connectivity index is 1.60. The second kappa shape index (κ2) is 8.83. The zero-order valence-corrected chi connectivity index (χ0v) is 16.3. The number of hydrogen-bond donors (Lipinski definition) is 1. The first kappa shape index (κ1) is 19.7. The van der Waals surface area contributed by atoms with Crippen LogP contribution in [0.3, 0.4) is 0 Å². The Morgan fingerprint density at radius 2 is 1.71 bits per heavy atom. The smallest absolute Gasteiger partial charge is 0.267 e. The molecule has 0 bridgehead atoms. The summed E-state index contributed by atoms with van der Waals surface area (Å²) in [7, 11) is 0. The molecule has 0 aliphatic carbocycles. The average Bonchev–Trinajstić information content (AvgIpc) is 3.24.